The highest BCUT2D eigenvalue weighted by atomic mass is 14.9. The van der Waals surface area contributed by atoms with E-state index in [4.69, 9.17) is 0 Å². The zero-order valence-electron chi connectivity index (χ0n) is 10.4. The lowest BCUT2D eigenvalue weighted by Gasteiger charge is -2.45. The Labute approximate surface area is 93.1 Å². The SMILES string of the molecule is C[C@@H]1CC[C@@]2(C)[C@@H](C)[C@@H]3[C@@H]4C=C[C@]12[C@]34C. The summed E-state index contributed by atoms with van der Waals surface area (Å²) in [7, 11) is 0. The molecule has 0 aromatic heterocycles. The molecule has 0 amide bonds. The summed E-state index contributed by atoms with van der Waals surface area (Å²) in [6.45, 7) is 10.2. The first-order chi connectivity index (χ1) is 7.00. The maximum atomic E-state index is 2.65. The molecule has 3 fully saturated rings. The maximum Gasteiger partial charge on any atom is 0.00263 e. The fourth-order valence-corrected chi connectivity index (χ4v) is 6.73. The molecule has 0 nitrogen and oxygen atoms in total. The van der Waals surface area contributed by atoms with Crippen LogP contribution >= 0.6 is 0 Å². The monoisotopic (exact) mass is 202 g/mol. The van der Waals surface area contributed by atoms with Crippen molar-refractivity contribution in [1.82, 2.24) is 0 Å². The summed E-state index contributed by atoms with van der Waals surface area (Å²) in [6.07, 6.45) is 8.16. The van der Waals surface area contributed by atoms with Gasteiger partial charge in [-0.1, -0.05) is 39.8 Å². The Bertz CT molecular complexity index is 381. The van der Waals surface area contributed by atoms with E-state index < -0.39 is 0 Å². The van der Waals surface area contributed by atoms with E-state index in [1.165, 1.54) is 12.8 Å². The van der Waals surface area contributed by atoms with Gasteiger partial charge in [-0.3, -0.25) is 0 Å². The minimum Gasteiger partial charge on any atom is -0.0839 e. The van der Waals surface area contributed by atoms with Gasteiger partial charge in [0.1, 0.15) is 0 Å². The van der Waals surface area contributed by atoms with E-state index in [-0.39, 0.29) is 0 Å². The molecule has 4 rings (SSSR count). The molecular formula is C15H22. The van der Waals surface area contributed by atoms with Crippen LogP contribution in [0.25, 0.3) is 0 Å². The summed E-state index contributed by atoms with van der Waals surface area (Å²) in [5.74, 6) is 3.84. The van der Waals surface area contributed by atoms with Crippen molar-refractivity contribution < 1.29 is 0 Å². The molecule has 7 atom stereocenters. The molecule has 4 aliphatic carbocycles. The number of rotatable bonds is 0. The van der Waals surface area contributed by atoms with Crippen LogP contribution in [0.5, 0.6) is 0 Å². The van der Waals surface area contributed by atoms with E-state index in [0.29, 0.717) is 16.2 Å². The fraction of sp³-hybridized carbons (Fsp3) is 0.867. The van der Waals surface area contributed by atoms with Crippen molar-refractivity contribution in [3.8, 4) is 0 Å². The normalized spacial score (nSPS) is 73.3. The molecule has 0 aromatic carbocycles. The van der Waals surface area contributed by atoms with E-state index in [0.717, 1.165) is 23.7 Å². The Morgan fingerprint density at radius 2 is 1.93 bits per heavy atom. The summed E-state index contributed by atoms with van der Waals surface area (Å²) in [6, 6.07) is 0. The van der Waals surface area contributed by atoms with Crippen molar-refractivity contribution in [2.45, 2.75) is 40.5 Å². The molecule has 82 valence electrons. The summed E-state index contributed by atoms with van der Waals surface area (Å²) in [4.78, 5) is 0. The van der Waals surface area contributed by atoms with Crippen molar-refractivity contribution in [2.24, 2.45) is 39.9 Å². The van der Waals surface area contributed by atoms with Gasteiger partial charge in [-0.2, -0.15) is 0 Å². The lowest BCUT2D eigenvalue weighted by Crippen LogP contribution is -2.41. The van der Waals surface area contributed by atoms with E-state index in [1.54, 1.807) is 0 Å². The lowest BCUT2D eigenvalue weighted by molar-refractivity contribution is 0.0462. The molecule has 15 heavy (non-hydrogen) atoms. The van der Waals surface area contributed by atoms with E-state index in [2.05, 4.69) is 39.8 Å². The highest BCUT2D eigenvalue weighted by molar-refractivity contribution is 5.44. The second-order valence-electron chi connectivity index (χ2n) is 7.21. The van der Waals surface area contributed by atoms with Gasteiger partial charge >= 0.3 is 0 Å². The highest BCUT2D eigenvalue weighted by Gasteiger charge is 2.86. The smallest absolute Gasteiger partial charge is 0.00263 e. The van der Waals surface area contributed by atoms with Crippen molar-refractivity contribution in [2.75, 3.05) is 0 Å². The minimum atomic E-state index is 0.578. The average Bonchev–Trinajstić information content (AvgIpc) is 2.51. The molecule has 1 spiro atoms. The van der Waals surface area contributed by atoms with Crippen LogP contribution in [0.2, 0.25) is 0 Å². The second kappa shape index (κ2) is 1.96. The molecule has 0 aromatic rings. The maximum absolute atomic E-state index is 2.65. The van der Waals surface area contributed by atoms with Crippen LogP contribution in [0, 0.1) is 39.9 Å². The topological polar surface area (TPSA) is 0 Å². The van der Waals surface area contributed by atoms with Gasteiger partial charge in [0.05, 0.1) is 0 Å². The Morgan fingerprint density at radius 1 is 1.20 bits per heavy atom. The zero-order chi connectivity index (χ0) is 10.6. The summed E-state index contributed by atoms with van der Waals surface area (Å²) >= 11 is 0. The first kappa shape index (κ1) is 8.84. The van der Waals surface area contributed by atoms with Crippen LogP contribution in [0.3, 0.4) is 0 Å². The van der Waals surface area contributed by atoms with Gasteiger partial charge in [0.25, 0.3) is 0 Å². The summed E-state index contributed by atoms with van der Waals surface area (Å²) < 4.78 is 0. The molecule has 0 aliphatic heterocycles. The van der Waals surface area contributed by atoms with Gasteiger partial charge in [0, 0.05) is 5.41 Å². The van der Waals surface area contributed by atoms with Crippen LogP contribution in [-0.2, 0) is 0 Å². The zero-order valence-corrected chi connectivity index (χ0v) is 10.4. The molecule has 4 aliphatic rings. The van der Waals surface area contributed by atoms with Crippen LogP contribution in [0.1, 0.15) is 40.5 Å². The Balaban J connectivity index is 2.01. The molecule has 0 unspecified atom stereocenters. The average molecular weight is 202 g/mol. The summed E-state index contributed by atoms with van der Waals surface area (Å²) in [5.41, 5.74) is 1.86. The molecule has 0 heteroatoms. The van der Waals surface area contributed by atoms with Crippen molar-refractivity contribution in [3.63, 3.8) is 0 Å². The molecule has 3 saturated carbocycles. The second-order valence-corrected chi connectivity index (χ2v) is 7.21. The van der Waals surface area contributed by atoms with Crippen molar-refractivity contribution in [3.05, 3.63) is 12.2 Å². The molecule has 0 bridgehead atoms. The Morgan fingerprint density at radius 3 is 2.67 bits per heavy atom. The highest BCUT2D eigenvalue weighted by Crippen LogP contribution is 2.91. The number of fused-ring (bicyclic) bond motifs is 1. The first-order valence-corrected chi connectivity index (χ1v) is 6.69. The van der Waals surface area contributed by atoms with Gasteiger partial charge < -0.3 is 0 Å². The summed E-state index contributed by atoms with van der Waals surface area (Å²) in [5, 5.41) is 0. The third kappa shape index (κ3) is 0.531. The predicted octanol–water partition coefficient (Wildman–Crippen LogP) is 3.88. The molecule has 0 saturated heterocycles. The first-order valence-electron chi connectivity index (χ1n) is 6.69. The predicted molar refractivity (Wildman–Crippen MR) is 62.3 cm³/mol. The Kier molecular flexibility index (Phi) is 1.15. The van der Waals surface area contributed by atoms with Gasteiger partial charge in [-0.25, -0.2) is 0 Å². The minimum absolute atomic E-state index is 0.578. The van der Waals surface area contributed by atoms with Crippen LogP contribution in [0.15, 0.2) is 12.2 Å². The lowest BCUT2D eigenvalue weighted by atomic mass is 9.58. The van der Waals surface area contributed by atoms with Gasteiger partial charge in [0.2, 0.25) is 0 Å². The van der Waals surface area contributed by atoms with E-state index in [9.17, 15) is 0 Å². The van der Waals surface area contributed by atoms with E-state index >= 15 is 0 Å². The number of allylic oxidation sites excluding steroid dienone is 2. The largest absolute Gasteiger partial charge is 0.0839 e. The van der Waals surface area contributed by atoms with Crippen molar-refractivity contribution in [1.29, 1.82) is 0 Å². The molecule has 0 N–H and O–H groups in total. The van der Waals surface area contributed by atoms with E-state index in [1.807, 2.05) is 0 Å². The molecular weight excluding hydrogens is 180 g/mol. The van der Waals surface area contributed by atoms with Crippen LogP contribution < -0.4 is 0 Å². The number of hydrogen-bond donors (Lipinski definition) is 0. The van der Waals surface area contributed by atoms with Crippen LogP contribution in [0.4, 0.5) is 0 Å². The Hall–Kier alpha value is -0.260. The standard InChI is InChI=1S/C15H22/c1-9-5-7-13(3)10(2)12-11-6-8-15(9,13)14(11,12)4/h6,8-12H,5,7H2,1-4H3/t9-,10+,11+,12-,13+,14+,15+/m1/s1. The molecule has 0 heterocycles. The van der Waals surface area contributed by atoms with Gasteiger partial charge in [-0.15, -0.1) is 0 Å². The third-order valence-electron chi connectivity index (χ3n) is 7.48. The quantitative estimate of drug-likeness (QED) is 0.523. The van der Waals surface area contributed by atoms with Gasteiger partial charge in [0.15, 0.2) is 0 Å². The third-order valence-corrected chi connectivity index (χ3v) is 7.48. The molecule has 0 radical (unpaired) electrons. The van der Waals surface area contributed by atoms with Gasteiger partial charge in [-0.05, 0) is 47.3 Å². The number of hydrogen-bond acceptors (Lipinski definition) is 0. The van der Waals surface area contributed by atoms with Crippen molar-refractivity contribution >= 4 is 0 Å². The fourth-order valence-electron chi connectivity index (χ4n) is 6.73. The van der Waals surface area contributed by atoms with Crippen LogP contribution in [-0.4, -0.2) is 0 Å².